The highest BCUT2D eigenvalue weighted by atomic mass is 16.6. The normalized spacial score (nSPS) is 14.3. The first-order chi connectivity index (χ1) is 20.6. The van der Waals surface area contributed by atoms with Gasteiger partial charge >= 0.3 is 0 Å². The zero-order valence-electron chi connectivity index (χ0n) is 22.7. The molecular formula is C34H28N4O4. The van der Waals surface area contributed by atoms with Gasteiger partial charge in [0.2, 0.25) is 0 Å². The molecule has 5 aromatic rings. The second-order valence-corrected chi connectivity index (χ2v) is 9.86. The van der Waals surface area contributed by atoms with E-state index in [0.29, 0.717) is 42.5 Å². The molecule has 0 radical (unpaired) electrons. The molecular weight excluding hydrogens is 528 g/mol. The highest BCUT2D eigenvalue weighted by Crippen LogP contribution is 2.40. The minimum Gasteiger partial charge on any atom is -0.485 e. The monoisotopic (exact) mass is 556 g/mol. The molecule has 1 unspecified atom stereocenters. The van der Waals surface area contributed by atoms with Crippen LogP contribution in [0.1, 0.15) is 34.7 Å². The van der Waals surface area contributed by atoms with Crippen molar-refractivity contribution in [3.05, 3.63) is 160 Å². The number of hydrogen-bond donors (Lipinski definition) is 0. The molecule has 1 atom stereocenters. The summed E-state index contributed by atoms with van der Waals surface area (Å²) in [6, 6.07) is 38.0. The fraction of sp³-hybridized carbons (Fsp3) is 0.118. The van der Waals surface area contributed by atoms with Crippen LogP contribution in [0.5, 0.6) is 11.5 Å². The van der Waals surface area contributed by atoms with E-state index in [4.69, 9.17) is 14.6 Å². The largest absolute Gasteiger partial charge is 0.485 e. The van der Waals surface area contributed by atoms with Gasteiger partial charge in [0.05, 0.1) is 16.7 Å². The summed E-state index contributed by atoms with van der Waals surface area (Å²) < 4.78 is 12.6. The third kappa shape index (κ3) is 6.13. The maximum Gasteiger partial charge on any atom is 0.270 e. The molecule has 6 rings (SSSR count). The Hall–Kier alpha value is -5.50. The van der Waals surface area contributed by atoms with Crippen molar-refractivity contribution >= 4 is 17.2 Å². The predicted molar refractivity (Wildman–Crippen MR) is 162 cm³/mol. The lowest BCUT2D eigenvalue weighted by Gasteiger charge is -2.24. The van der Waals surface area contributed by atoms with Crippen LogP contribution < -0.4 is 14.5 Å². The molecule has 1 aromatic heterocycles. The molecule has 42 heavy (non-hydrogen) atoms. The Bertz CT molecular complexity index is 1700. The number of hydrazone groups is 1. The molecule has 0 bridgehead atoms. The molecule has 0 saturated heterocycles. The van der Waals surface area contributed by atoms with Gasteiger partial charge < -0.3 is 9.47 Å². The quantitative estimate of drug-likeness (QED) is 0.131. The number of rotatable bonds is 10. The molecule has 2 heterocycles. The number of hydrogen-bond acceptors (Lipinski definition) is 7. The number of benzene rings is 4. The van der Waals surface area contributed by atoms with Crippen molar-refractivity contribution in [2.24, 2.45) is 5.10 Å². The van der Waals surface area contributed by atoms with E-state index < -0.39 is 4.92 Å². The fourth-order valence-corrected chi connectivity index (χ4v) is 4.88. The summed E-state index contributed by atoms with van der Waals surface area (Å²) >= 11 is 0. The zero-order chi connectivity index (χ0) is 28.7. The van der Waals surface area contributed by atoms with Gasteiger partial charge in [-0.3, -0.25) is 10.1 Å². The molecule has 0 aliphatic carbocycles. The van der Waals surface area contributed by atoms with Gasteiger partial charge in [-0.2, -0.15) is 5.10 Å². The Kier molecular flexibility index (Phi) is 7.85. The molecule has 1 aliphatic rings. The zero-order valence-corrected chi connectivity index (χ0v) is 22.7. The maximum absolute atomic E-state index is 11.4. The van der Waals surface area contributed by atoms with E-state index in [1.165, 1.54) is 6.07 Å². The van der Waals surface area contributed by atoms with Gasteiger partial charge in [-0.15, -0.1) is 0 Å². The summed E-state index contributed by atoms with van der Waals surface area (Å²) in [4.78, 5) is 15.6. The molecule has 0 N–H and O–H groups in total. The van der Waals surface area contributed by atoms with Crippen LogP contribution in [-0.2, 0) is 13.2 Å². The van der Waals surface area contributed by atoms with Crippen LogP contribution in [0.3, 0.4) is 0 Å². The predicted octanol–water partition coefficient (Wildman–Crippen LogP) is 7.50. The van der Waals surface area contributed by atoms with Gasteiger partial charge in [-0.25, -0.2) is 9.99 Å². The lowest BCUT2D eigenvalue weighted by Crippen LogP contribution is -2.19. The Morgan fingerprint density at radius 3 is 2.12 bits per heavy atom. The maximum atomic E-state index is 11.4. The third-order valence-corrected chi connectivity index (χ3v) is 7.01. The lowest BCUT2D eigenvalue weighted by molar-refractivity contribution is -0.384. The minimum absolute atomic E-state index is 0.0274. The van der Waals surface area contributed by atoms with Crippen LogP contribution in [0.4, 0.5) is 11.5 Å². The van der Waals surface area contributed by atoms with Crippen molar-refractivity contribution < 1.29 is 14.4 Å². The summed E-state index contributed by atoms with van der Waals surface area (Å²) in [6.07, 6.45) is 2.25. The van der Waals surface area contributed by atoms with Gasteiger partial charge in [-0.05, 0) is 41.0 Å². The standard InChI is InChI=1S/C34H28N4O4/c39-38(40)29-15-9-14-27(20-29)30-22-31(37(36-30)34-16-7-8-19-35-34)28-17-18-32(41-23-25-10-3-1-4-11-25)33(21-28)42-24-26-12-5-2-6-13-26/h1-21,31H,22-24H2. The van der Waals surface area contributed by atoms with Gasteiger partial charge in [0.1, 0.15) is 19.0 Å². The van der Waals surface area contributed by atoms with E-state index in [9.17, 15) is 10.1 Å². The summed E-state index contributed by atoms with van der Waals surface area (Å²) in [5.41, 5.74) is 4.54. The SMILES string of the molecule is O=[N+]([O-])c1cccc(C2=NN(c3ccccn3)C(c3ccc(OCc4ccccc4)c(OCc4ccccc4)c3)C2)c1. The number of pyridine rings is 1. The van der Waals surface area contributed by atoms with Crippen molar-refractivity contribution in [3.8, 4) is 11.5 Å². The Labute approximate surface area is 243 Å². The molecule has 0 spiro atoms. The summed E-state index contributed by atoms with van der Waals surface area (Å²) in [5, 5.41) is 18.2. The first-order valence-electron chi connectivity index (χ1n) is 13.6. The van der Waals surface area contributed by atoms with E-state index in [1.807, 2.05) is 108 Å². The minimum atomic E-state index is -0.391. The number of anilines is 1. The fourth-order valence-electron chi connectivity index (χ4n) is 4.88. The Morgan fingerprint density at radius 2 is 1.45 bits per heavy atom. The highest BCUT2D eigenvalue weighted by Gasteiger charge is 2.32. The molecule has 208 valence electrons. The summed E-state index contributed by atoms with van der Waals surface area (Å²) in [7, 11) is 0. The molecule has 8 nitrogen and oxygen atoms in total. The van der Waals surface area contributed by atoms with E-state index in [1.54, 1.807) is 18.3 Å². The number of ether oxygens (including phenoxy) is 2. The molecule has 0 fully saturated rings. The van der Waals surface area contributed by atoms with Gasteiger partial charge in [-0.1, -0.05) is 84.9 Å². The van der Waals surface area contributed by atoms with Gasteiger partial charge in [0.15, 0.2) is 11.5 Å². The van der Waals surface area contributed by atoms with Gasteiger partial charge in [0.25, 0.3) is 5.69 Å². The Balaban J connectivity index is 1.33. The van der Waals surface area contributed by atoms with Crippen LogP contribution in [0.25, 0.3) is 0 Å². The second-order valence-electron chi connectivity index (χ2n) is 9.86. The van der Waals surface area contributed by atoms with Crippen molar-refractivity contribution in [1.82, 2.24) is 4.98 Å². The molecule has 1 aliphatic heterocycles. The van der Waals surface area contributed by atoms with Crippen LogP contribution in [-0.4, -0.2) is 15.6 Å². The number of nitro benzene ring substituents is 1. The Morgan fingerprint density at radius 1 is 0.762 bits per heavy atom. The van der Waals surface area contributed by atoms with Crippen LogP contribution in [0, 0.1) is 10.1 Å². The van der Waals surface area contributed by atoms with E-state index in [0.717, 1.165) is 22.4 Å². The number of nitrogens with zero attached hydrogens (tertiary/aromatic N) is 4. The number of nitro groups is 1. The first kappa shape index (κ1) is 26.7. The smallest absolute Gasteiger partial charge is 0.270 e. The van der Waals surface area contributed by atoms with Gasteiger partial charge in [0, 0.05) is 30.3 Å². The first-order valence-corrected chi connectivity index (χ1v) is 13.6. The molecule has 4 aromatic carbocycles. The molecule has 8 heteroatoms. The lowest BCUT2D eigenvalue weighted by atomic mass is 9.97. The highest BCUT2D eigenvalue weighted by molar-refractivity contribution is 6.03. The van der Waals surface area contributed by atoms with Crippen LogP contribution in [0.15, 0.2) is 133 Å². The number of aromatic nitrogens is 1. The van der Waals surface area contributed by atoms with E-state index >= 15 is 0 Å². The second kappa shape index (κ2) is 12.3. The molecule has 0 amide bonds. The summed E-state index contributed by atoms with van der Waals surface area (Å²) in [6.45, 7) is 0.793. The van der Waals surface area contributed by atoms with E-state index in [-0.39, 0.29) is 11.7 Å². The van der Waals surface area contributed by atoms with Crippen molar-refractivity contribution in [1.29, 1.82) is 0 Å². The average molecular weight is 557 g/mol. The van der Waals surface area contributed by atoms with Crippen LogP contribution >= 0.6 is 0 Å². The third-order valence-electron chi connectivity index (χ3n) is 7.01. The van der Waals surface area contributed by atoms with Crippen LogP contribution in [0.2, 0.25) is 0 Å². The molecule has 0 saturated carbocycles. The summed E-state index contributed by atoms with van der Waals surface area (Å²) in [5.74, 6) is 1.94. The van der Waals surface area contributed by atoms with E-state index in [2.05, 4.69) is 4.98 Å². The topological polar surface area (TPSA) is 90.1 Å². The van der Waals surface area contributed by atoms with Crippen molar-refractivity contribution in [3.63, 3.8) is 0 Å². The van der Waals surface area contributed by atoms with Crippen molar-refractivity contribution in [2.45, 2.75) is 25.7 Å². The number of non-ortho nitro benzene ring substituents is 1. The van der Waals surface area contributed by atoms with Crippen molar-refractivity contribution in [2.75, 3.05) is 5.01 Å². The average Bonchev–Trinajstić information content (AvgIpc) is 3.50.